The van der Waals surface area contributed by atoms with Crippen molar-refractivity contribution in [3.8, 4) is 0 Å². The number of amides is 1. The van der Waals surface area contributed by atoms with Crippen molar-refractivity contribution < 1.29 is 13.2 Å². The molecular weight excluding hydrogens is 536 g/mol. The van der Waals surface area contributed by atoms with E-state index in [9.17, 15) is 13.2 Å². The van der Waals surface area contributed by atoms with E-state index in [1.54, 1.807) is 22.3 Å². The minimum absolute atomic E-state index is 0.0550. The molecule has 36 heavy (non-hydrogen) atoms. The number of carbonyl (C=O) groups excluding carboxylic acids is 1. The van der Waals surface area contributed by atoms with Gasteiger partial charge in [-0.05, 0) is 63.0 Å². The van der Waals surface area contributed by atoms with Gasteiger partial charge >= 0.3 is 0 Å². The Morgan fingerprint density at radius 2 is 1.83 bits per heavy atom. The van der Waals surface area contributed by atoms with Gasteiger partial charge in [-0.2, -0.15) is 4.31 Å². The van der Waals surface area contributed by atoms with Gasteiger partial charge in [-0.1, -0.05) is 48.9 Å². The third kappa shape index (κ3) is 5.63. The van der Waals surface area contributed by atoms with Crippen molar-refractivity contribution in [3.63, 3.8) is 0 Å². The fourth-order valence-electron chi connectivity index (χ4n) is 4.59. The van der Waals surface area contributed by atoms with Gasteiger partial charge in [0.25, 0.3) is 10.0 Å². The molecule has 1 saturated heterocycles. The van der Waals surface area contributed by atoms with E-state index in [0.717, 1.165) is 52.3 Å². The first-order valence-electron chi connectivity index (χ1n) is 12.3. The fourth-order valence-corrected chi connectivity index (χ4v) is 8.90. The van der Waals surface area contributed by atoms with E-state index < -0.39 is 15.9 Å². The van der Waals surface area contributed by atoms with E-state index in [2.05, 4.69) is 37.8 Å². The number of piperidine rings is 1. The molecule has 7 nitrogen and oxygen atoms in total. The molecule has 0 spiro atoms. The summed E-state index contributed by atoms with van der Waals surface area (Å²) in [5.41, 5.74) is 3.15. The van der Waals surface area contributed by atoms with E-state index in [1.165, 1.54) is 10.4 Å². The lowest BCUT2D eigenvalue weighted by atomic mass is 9.98. The molecule has 196 valence electrons. The second-order valence-corrected chi connectivity index (χ2v) is 14.0. The molecule has 1 aromatic carbocycles. The average molecular weight is 569 g/mol. The van der Waals surface area contributed by atoms with Crippen LogP contribution in [0.2, 0.25) is 4.34 Å². The highest BCUT2D eigenvalue weighted by Gasteiger charge is 2.37. The highest BCUT2D eigenvalue weighted by Crippen LogP contribution is 2.35. The molecule has 3 heterocycles. The van der Waals surface area contributed by atoms with E-state index in [0.29, 0.717) is 35.4 Å². The van der Waals surface area contributed by atoms with Gasteiger partial charge in [0.05, 0.1) is 20.5 Å². The van der Waals surface area contributed by atoms with Crippen molar-refractivity contribution in [1.82, 2.24) is 14.2 Å². The Kier molecular flexibility index (Phi) is 8.74. The standard InChI is InChI=1S/C25H33ClN4O3S3/c1-5-28(6-2)14-15-30(25-27-22-17(3)9-10-18(4)23(22)35-25)24(31)19-8-7-13-29(16-19)36(32,33)21-12-11-20(26)34-21/h9-12,19H,5-8,13-16H2,1-4H3. The van der Waals surface area contributed by atoms with Crippen LogP contribution in [-0.4, -0.2) is 67.8 Å². The van der Waals surface area contributed by atoms with Gasteiger partial charge < -0.3 is 4.90 Å². The summed E-state index contributed by atoms with van der Waals surface area (Å²) >= 11 is 8.59. The number of benzene rings is 1. The number of thiazole rings is 1. The summed E-state index contributed by atoms with van der Waals surface area (Å²) < 4.78 is 29.6. The van der Waals surface area contributed by atoms with Crippen molar-refractivity contribution in [1.29, 1.82) is 0 Å². The zero-order valence-electron chi connectivity index (χ0n) is 21.2. The zero-order valence-corrected chi connectivity index (χ0v) is 24.4. The number of fused-ring (bicyclic) bond motifs is 1. The Labute approximate surface area is 226 Å². The summed E-state index contributed by atoms with van der Waals surface area (Å²) in [7, 11) is -3.69. The van der Waals surface area contributed by atoms with Crippen LogP contribution in [0.25, 0.3) is 10.2 Å². The fraction of sp³-hybridized carbons (Fsp3) is 0.520. The average Bonchev–Trinajstić information content (AvgIpc) is 3.52. The van der Waals surface area contributed by atoms with Gasteiger partial charge in [-0.3, -0.25) is 9.69 Å². The minimum atomic E-state index is -3.69. The summed E-state index contributed by atoms with van der Waals surface area (Å²) in [6, 6.07) is 7.28. The van der Waals surface area contributed by atoms with Crippen molar-refractivity contribution in [2.45, 2.75) is 44.7 Å². The molecule has 11 heteroatoms. The van der Waals surface area contributed by atoms with Crippen LogP contribution in [0.1, 0.15) is 37.8 Å². The number of hydrogen-bond acceptors (Lipinski definition) is 7. The summed E-state index contributed by atoms with van der Waals surface area (Å²) in [5, 5.41) is 0.685. The molecule has 0 aliphatic carbocycles. The second kappa shape index (κ2) is 11.4. The van der Waals surface area contributed by atoms with Crippen LogP contribution >= 0.6 is 34.3 Å². The normalized spacial score (nSPS) is 17.2. The summed E-state index contributed by atoms with van der Waals surface area (Å²) in [6.45, 7) is 11.9. The molecule has 0 radical (unpaired) electrons. The summed E-state index contributed by atoms with van der Waals surface area (Å²) in [4.78, 5) is 23.0. The Bertz CT molecular complexity index is 1290. The smallest absolute Gasteiger partial charge is 0.252 e. The number of anilines is 1. The molecular formula is C25H33ClN4O3S3. The lowest BCUT2D eigenvalue weighted by molar-refractivity contribution is -0.123. The van der Waals surface area contributed by atoms with Gasteiger partial charge in [-0.15, -0.1) is 11.3 Å². The zero-order chi connectivity index (χ0) is 26.0. The van der Waals surface area contributed by atoms with Gasteiger partial charge in [0.1, 0.15) is 4.21 Å². The largest absolute Gasteiger partial charge is 0.302 e. The first kappa shape index (κ1) is 27.5. The second-order valence-electron chi connectivity index (χ2n) is 9.15. The predicted octanol–water partition coefficient (Wildman–Crippen LogP) is 5.40. The molecule has 4 rings (SSSR count). The number of nitrogens with zero attached hydrogens (tertiary/aromatic N) is 4. The quantitative estimate of drug-likeness (QED) is 0.345. The Morgan fingerprint density at radius 3 is 2.47 bits per heavy atom. The van der Waals surface area contributed by atoms with Gasteiger partial charge in [-0.25, -0.2) is 13.4 Å². The number of sulfonamides is 1. The molecule has 0 N–H and O–H groups in total. The number of rotatable bonds is 9. The molecule has 3 aromatic rings. The molecule has 1 unspecified atom stereocenters. The minimum Gasteiger partial charge on any atom is -0.302 e. The van der Waals surface area contributed by atoms with Gasteiger partial charge in [0, 0.05) is 26.2 Å². The van der Waals surface area contributed by atoms with Crippen LogP contribution in [0, 0.1) is 19.8 Å². The highest BCUT2D eigenvalue weighted by atomic mass is 35.5. The van der Waals surface area contributed by atoms with Gasteiger partial charge in [0.2, 0.25) is 5.91 Å². The lowest BCUT2D eigenvalue weighted by Crippen LogP contribution is -2.48. The first-order valence-corrected chi connectivity index (χ1v) is 15.8. The first-order chi connectivity index (χ1) is 17.1. The maximum absolute atomic E-state index is 14.0. The Balaban J connectivity index is 1.63. The van der Waals surface area contributed by atoms with Crippen molar-refractivity contribution in [2.24, 2.45) is 5.92 Å². The van der Waals surface area contributed by atoms with Crippen LogP contribution in [-0.2, 0) is 14.8 Å². The van der Waals surface area contributed by atoms with Crippen LogP contribution in [0.5, 0.6) is 0 Å². The van der Waals surface area contributed by atoms with Crippen molar-refractivity contribution >= 4 is 65.6 Å². The van der Waals surface area contributed by atoms with Gasteiger partial charge in [0.15, 0.2) is 5.13 Å². The SMILES string of the molecule is CCN(CC)CCN(C(=O)C1CCCN(S(=O)(=O)c2ccc(Cl)s2)C1)c1nc2c(C)ccc(C)c2s1. The van der Waals surface area contributed by atoms with Crippen LogP contribution < -0.4 is 4.90 Å². The highest BCUT2D eigenvalue weighted by molar-refractivity contribution is 7.91. The maximum Gasteiger partial charge on any atom is 0.252 e. The molecule has 0 saturated carbocycles. The van der Waals surface area contributed by atoms with E-state index in [1.807, 2.05) is 6.92 Å². The number of halogens is 1. The van der Waals surface area contributed by atoms with E-state index in [4.69, 9.17) is 16.6 Å². The van der Waals surface area contributed by atoms with Crippen molar-refractivity contribution in [3.05, 3.63) is 39.7 Å². The predicted molar refractivity (Wildman–Crippen MR) is 150 cm³/mol. The number of aryl methyl sites for hydroxylation is 2. The third-order valence-corrected chi connectivity index (χ3v) is 11.6. The van der Waals surface area contributed by atoms with Crippen LogP contribution in [0.15, 0.2) is 28.5 Å². The van der Waals surface area contributed by atoms with Crippen molar-refractivity contribution in [2.75, 3.05) is 44.2 Å². The monoisotopic (exact) mass is 568 g/mol. The molecule has 1 aliphatic rings. The molecule has 0 bridgehead atoms. The molecule has 2 aromatic heterocycles. The van der Waals surface area contributed by atoms with E-state index in [-0.39, 0.29) is 16.7 Å². The van der Waals surface area contributed by atoms with Crippen LogP contribution in [0.3, 0.4) is 0 Å². The Hall–Kier alpha value is -1.56. The van der Waals surface area contributed by atoms with Crippen LogP contribution in [0.4, 0.5) is 5.13 Å². The number of aromatic nitrogens is 1. The van der Waals surface area contributed by atoms with E-state index >= 15 is 0 Å². The topological polar surface area (TPSA) is 73.8 Å². The third-order valence-electron chi connectivity index (χ3n) is 6.84. The lowest BCUT2D eigenvalue weighted by Gasteiger charge is -2.34. The molecule has 1 amide bonds. The number of hydrogen-bond donors (Lipinski definition) is 0. The molecule has 1 atom stereocenters. The summed E-state index contributed by atoms with van der Waals surface area (Å²) in [5.74, 6) is -0.476. The number of thiophene rings is 1. The maximum atomic E-state index is 14.0. The molecule has 1 fully saturated rings. The Morgan fingerprint density at radius 1 is 1.11 bits per heavy atom. The number of likely N-dealkylation sites (N-methyl/N-ethyl adjacent to an activating group) is 1. The number of carbonyl (C=O) groups is 1. The summed E-state index contributed by atoms with van der Waals surface area (Å²) in [6.07, 6.45) is 1.29. The molecule has 1 aliphatic heterocycles.